The summed E-state index contributed by atoms with van der Waals surface area (Å²) in [5, 5.41) is 4.37. The Morgan fingerprint density at radius 1 is 0.938 bits per heavy atom. The van der Waals surface area contributed by atoms with E-state index in [1.54, 1.807) is 30.3 Å². The standard InChI is InChI=1S/C23H23ClN4O3S/c1-27(2)20-12-8-18(9-13-20)16-25-26-23(29)17-28(21-6-4-3-5-7-21)32(30,31)22-14-10-19(24)11-15-22/h3-16H,17H2,1-2H3,(H,26,29)/b25-16-. The molecule has 3 rings (SSSR count). The van der Waals surface area contributed by atoms with E-state index in [4.69, 9.17) is 11.6 Å². The highest BCUT2D eigenvalue weighted by Gasteiger charge is 2.27. The Balaban J connectivity index is 1.76. The highest BCUT2D eigenvalue weighted by atomic mass is 35.5. The van der Waals surface area contributed by atoms with Crippen molar-refractivity contribution >= 4 is 45.1 Å². The van der Waals surface area contributed by atoms with Crippen LogP contribution in [0.5, 0.6) is 0 Å². The first kappa shape index (κ1) is 23.3. The zero-order valence-electron chi connectivity index (χ0n) is 17.6. The van der Waals surface area contributed by atoms with Crippen LogP contribution in [0.4, 0.5) is 11.4 Å². The SMILES string of the molecule is CN(C)c1ccc(/C=N\NC(=O)CN(c2ccccc2)S(=O)(=O)c2ccc(Cl)cc2)cc1. The minimum atomic E-state index is -4.00. The molecule has 7 nitrogen and oxygen atoms in total. The topological polar surface area (TPSA) is 82.1 Å². The molecule has 166 valence electrons. The van der Waals surface area contributed by atoms with Crippen LogP contribution in [0.3, 0.4) is 0 Å². The van der Waals surface area contributed by atoms with Crippen molar-refractivity contribution in [3.8, 4) is 0 Å². The van der Waals surface area contributed by atoms with Gasteiger partial charge in [-0.05, 0) is 54.1 Å². The number of benzene rings is 3. The number of nitrogens with zero attached hydrogens (tertiary/aromatic N) is 3. The van der Waals surface area contributed by atoms with Gasteiger partial charge in [-0.15, -0.1) is 0 Å². The molecule has 0 heterocycles. The summed E-state index contributed by atoms with van der Waals surface area (Å²) in [5.41, 5.74) is 4.59. The predicted molar refractivity (Wildman–Crippen MR) is 129 cm³/mol. The molecule has 0 bridgehead atoms. The molecule has 0 saturated carbocycles. The molecule has 1 N–H and O–H groups in total. The third-order valence-electron chi connectivity index (χ3n) is 4.55. The van der Waals surface area contributed by atoms with Gasteiger partial charge in [0.2, 0.25) is 0 Å². The van der Waals surface area contributed by atoms with Crippen LogP contribution < -0.4 is 14.6 Å². The van der Waals surface area contributed by atoms with Crippen LogP contribution in [0.2, 0.25) is 5.02 Å². The summed E-state index contributed by atoms with van der Waals surface area (Å²) in [4.78, 5) is 14.5. The van der Waals surface area contributed by atoms with E-state index in [0.717, 1.165) is 15.6 Å². The number of hydrazone groups is 1. The van der Waals surface area contributed by atoms with Gasteiger partial charge in [-0.1, -0.05) is 41.9 Å². The van der Waals surface area contributed by atoms with E-state index >= 15 is 0 Å². The van der Waals surface area contributed by atoms with Crippen molar-refractivity contribution in [1.29, 1.82) is 0 Å². The fourth-order valence-electron chi connectivity index (χ4n) is 2.85. The van der Waals surface area contributed by atoms with Crippen molar-refractivity contribution in [1.82, 2.24) is 5.43 Å². The van der Waals surface area contributed by atoms with Gasteiger partial charge in [-0.25, -0.2) is 13.8 Å². The van der Waals surface area contributed by atoms with E-state index in [9.17, 15) is 13.2 Å². The molecular formula is C23H23ClN4O3S. The lowest BCUT2D eigenvalue weighted by atomic mass is 10.2. The molecule has 0 unspecified atom stereocenters. The van der Waals surface area contributed by atoms with Gasteiger partial charge in [0.05, 0.1) is 16.8 Å². The maximum Gasteiger partial charge on any atom is 0.264 e. The Morgan fingerprint density at radius 2 is 1.56 bits per heavy atom. The van der Waals surface area contributed by atoms with E-state index < -0.39 is 22.5 Å². The van der Waals surface area contributed by atoms with Gasteiger partial charge in [0, 0.05) is 24.8 Å². The summed E-state index contributed by atoms with van der Waals surface area (Å²) < 4.78 is 27.5. The second-order valence-electron chi connectivity index (χ2n) is 7.08. The Kier molecular flexibility index (Phi) is 7.50. The van der Waals surface area contributed by atoms with Crippen LogP contribution in [-0.2, 0) is 14.8 Å². The van der Waals surface area contributed by atoms with E-state index in [1.807, 2.05) is 43.3 Å². The Labute approximate surface area is 193 Å². The molecule has 0 radical (unpaired) electrons. The molecule has 0 aliphatic rings. The van der Waals surface area contributed by atoms with Crippen molar-refractivity contribution in [3.63, 3.8) is 0 Å². The monoisotopic (exact) mass is 470 g/mol. The largest absolute Gasteiger partial charge is 0.378 e. The lowest BCUT2D eigenvalue weighted by Gasteiger charge is -2.23. The molecule has 0 aliphatic carbocycles. The van der Waals surface area contributed by atoms with Gasteiger partial charge in [0.15, 0.2) is 0 Å². The highest BCUT2D eigenvalue weighted by Crippen LogP contribution is 2.24. The molecule has 32 heavy (non-hydrogen) atoms. The summed E-state index contributed by atoms with van der Waals surface area (Å²) in [6.07, 6.45) is 1.50. The number of nitrogens with one attached hydrogen (secondary N) is 1. The molecule has 0 aliphatic heterocycles. The minimum absolute atomic E-state index is 0.0306. The smallest absolute Gasteiger partial charge is 0.264 e. The maximum atomic E-state index is 13.2. The fourth-order valence-corrected chi connectivity index (χ4v) is 4.39. The number of halogens is 1. The molecule has 3 aromatic rings. The van der Waals surface area contributed by atoms with Crippen LogP contribution in [0.15, 0.2) is 88.9 Å². The molecular weight excluding hydrogens is 448 g/mol. The second kappa shape index (κ2) is 10.3. The molecule has 3 aromatic carbocycles. The molecule has 0 fully saturated rings. The van der Waals surface area contributed by atoms with Gasteiger partial charge in [-0.3, -0.25) is 9.10 Å². The van der Waals surface area contributed by atoms with Crippen LogP contribution >= 0.6 is 11.6 Å². The summed E-state index contributed by atoms with van der Waals surface area (Å²) in [6.45, 7) is -0.439. The molecule has 0 atom stereocenters. The minimum Gasteiger partial charge on any atom is -0.378 e. The third-order valence-corrected chi connectivity index (χ3v) is 6.59. The predicted octanol–water partition coefficient (Wildman–Crippen LogP) is 3.75. The summed E-state index contributed by atoms with van der Waals surface area (Å²) in [6, 6.07) is 21.8. The number of carbonyl (C=O) groups excluding carboxylic acids is 1. The molecule has 0 aromatic heterocycles. The number of hydrogen-bond donors (Lipinski definition) is 1. The van der Waals surface area contributed by atoms with E-state index in [1.165, 1.54) is 30.5 Å². The zero-order valence-corrected chi connectivity index (χ0v) is 19.2. The lowest BCUT2D eigenvalue weighted by Crippen LogP contribution is -2.39. The Bertz CT molecular complexity index is 1180. The third kappa shape index (κ3) is 5.87. The first-order valence-corrected chi connectivity index (χ1v) is 11.5. The Hall–Kier alpha value is -3.36. The van der Waals surface area contributed by atoms with Crippen molar-refractivity contribution in [2.24, 2.45) is 5.10 Å². The van der Waals surface area contributed by atoms with Crippen LogP contribution in [0, 0.1) is 0 Å². The molecule has 9 heteroatoms. The summed E-state index contributed by atoms with van der Waals surface area (Å²) >= 11 is 5.88. The average Bonchev–Trinajstić information content (AvgIpc) is 2.78. The quantitative estimate of drug-likeness (QED) is 0.401. The van der Waals surface area contributed by atoms with Gasteiger partial charge >= 0.3 is 0 Å². The number of rotatable bonds is 8. The van der Waals surface area contributed by atoms with E-state index in [-0.39, 0.29) is 4.90 Å². The molecule has 0 saturated heterocycles. The normalized spacial score (nSPS) is 11.3. The van der Waals surface area contributed by atoms with Gasteiger partial charge < -0.3 is 4.90 Å². The number of hydrogen-bond acceptors (Lipinski definition) is 5. The summed E-state index contributed by atoms with van der Waals surface area (Å²) in [5.74, 6) is -0.576. The van der Waals surface area contributed by atoms with Gasteiger partial charge in [0.1, 0.15) is 6.54 Å². The van der Waals surface area contributed by atoms with Crippen molar-refractivity contribution in [3.05, 3.63) is 89.4 Å². The number of anilines is 2. The number of carbonyl (C=O) groups is 1. The summed E-state index contributed by atoms with van der Waals surface area (Å²) in [7, 11) is -0.110. The van der Waals surface area contributed by atoms with Crippen LogP contribution in [0.1, 0.15) is 5.56 Å². The first-order chi connectivity index (χ1) is 15.3. The number of para-hydroxylation sites is 1. The average molecular weight is 471 g/mol. The number of sulfonamides is 1. The van der Waals surface area contributed by atoms with Crippen molar-refractivity contribution in [2.45, 2.75) is 4.90 Å². The van der Waals surface area contributed by atoms with E-state index in [2.05, 4.69) is 10.5 Å². The first-order valence-electron chi connectivity index (χ1n) is 9.70. The second-order valence-corrected chi connectivity index (χ2v) is 9.38. The molecule has 1 amide bonds. The van der Waals surface area contributed by atoms with E-state index in [0.29, 0.717) is 10.7 Å². The highest BCUT2D eigenvalue weighted by molar-refractivity contribution is 7.92. The molecule has 0 spiro atoms. The van der Waals surface area contributed by atoms with Gasteiger partial charge in [0.25, 0.3) is 15.9 Å². The Morgan fingerprint density at radius 3 is 2.16 bits per heavy atom. The maximum absolute atomic E-state index is 13.2. The lowest BCUT2D eigenvalue weighted by molar-refractivity contribution is -0.119. The zero-order chi connectivity index (χ0) is 23.1. The fraction of sp³-hybridized carbons (Fsp3) is 0.130. The van der Waals surface area contributed by atoms with Crippen LogP contribution in [-0.4, -0.2) is 41.2 Å². The van der Waals surface area contributed by atoms with Gasteiger partial charge in [-0.2, -0.15) is 5.10 Å². The van der Waals surface area contributed by atoms with Crippen molar-refractivity contribution < 1.29 is 13.2 Å². The number of amides is 1. The van der Waals surface area contributed by atoms with Crippen LogP contribution in [0.25, 0.3) is 0 Å². The van der Waals surface area contributed by atoms with Crippen molar-refractivity contribution in [2.75, 3.05) is 29.8 Å².